The molecule has 0 bridgehead atoms. The van der Waals surface area contributed by atoms with Crippen LogP contribution in [-0.2, 0) is 0 Å². The highest BCUT2D eigenvalue weighted by molar-refractivity contribution is 5.92. The molecule has 1 fully saturated rings. The van der Waals surface area contributed by atoms with Crippen LogP contribution in [0.15, 0.2) is 18.5 Å². The molecule has 1 aliphatic rings. The third kappa shape index (κ3) is 3.43. The summed E-state index contributed by atoms with van der Waals surface area (Å²) >= 11 is 0. The van der Waals surface area contributed by atoms with E-state index in [9.17, 15) is 9.59 Å². The van der Waals surface area contributed by atoms with Crippen molar-refractivity contribution in [1.82, 2.24) is 10.3 Å². The first-order chi connectivity index (χ1) is 8.88. The Morgan fingerprint density at radius 1 is 1.37 bits per heavy atom. The number of hydrogen-bond donors (Lipinski definition) is 3. The number of aromatic carboxylic acids is 1. The largest absolute Gasteiger partial charge is 0.478 e. The monoisotopic (exact) mass is 263 g/mol. The third-order valence-electron chi connectivity index (χ3n) is 3.28. The summed E-state index contributed by atoms with van der Waals surface area (Å²) < 4.78 is 0. The normalized spacial score (nSPS) is 14.8. The summed E-state index contributed by atoms with van der Waals surface area (Å²) in [5.41, 5.74) is 0.158. The molecule has 6 nitrogen and oxygen atoms in total. The number of carbonyl (C=O) groups is 2. The number of urea groups is 1. The highest BCUT2D eigenvalue weighted by Gasteiger charge is 2.38. The van der Waals surface area contributed by atoms with Gasteiger partial charge in [0.15, 0.2) is 0 Å². The maximum atomic E-state index is 11.8. The van der Waals surface area contributed by atoms with Crippen molar-refractivity contribution in [3.05, 3.63) is 24.0 Å². The Balaban J connectivity index is 1.98. The van der Waals surface area contributed by atoms with Gasteiger partial charge in [0.2, 0.25) is 0 Å². The van der Waals surface area contributed by atoms with E-state index in [1.54, 1.807) is 0 Å². The molecule has 1 heterocycles. The first kappa shape index (κ1) is 13.3. The van der Waals surface area contributed by atoms with E-state index in [-0.39, 0.29) is 17.1 Å². The highest BCUT2D eigenvalue weighted by atomic mass is 16.4. The molecular formula is C13H17N3O3. The summed E-state index contributed by atoms with van der Waals surface area (Å²) in [6.07, 6.45) is 4.91. The van der Waals surface area contributed by atoms with Crippen molar-refractivity contribution in [2.24, 2.45) is 5.92 Å². The van der Waals surface area contributed by atoms with Crippen LogP contribution in [0.5, 0.6) is 0 Å². The smallest absolute Gasteiger partial charge is 0.337 e. The molecule has 0 atom stereocenters. The van der Waals surface area contributed by atoms with Crippen molar-refractivity contribution in [2.75, 3.05) is 5.32 Å². The molecule has 6 heteroatoms. The fourth-order valence-corrected chi connectivity index (χ4v) is 1.99. The second-order valence-electron chi connectivity index (χ2n) is 5.34. The maximum absolute atomic E-state index is 11.8. The van der Waals surface area contributed by atoms with E-state index in [1.165, 1.54) is 18.5 Å². The van der Waals surface area contributed by atoms with Gasteiger partial charge in [-0.15, -0.1) is 0 Å². The number of carbonyl (C=O) groups excluding carboxylic acids is 1. The zero-order chi connectivity index (χ0) is 14.0. The molecule has 2 rings (SSSR count). The average molecular weight is 263 g/mol. The van der Waals surface area contributed by atoms with Crippen molar-refractivity contribution >= 4 is 17.7 Å². The van der Waals surface area contributed by atoms with Crippen LogP contribution in [0.25, 0.3) is 0 Å². The molecule has 1 aromatic rings. The third-order valence-corrected chi connectivity index (χ3v) is 3.28. The van der Waals surface area contributed by atoms with Crippen LogP contribution in [0, 0.1) is 5.92 Å². The summed E-state index contributed by atoms with van der Waals surface area (Å²) in [5.74, 6) is -0.559. The van der Waals surface area contributed by atoms with Crippen molar-refractivity contribution in [2.45, 2.75) is 32.2 Å². The van der Waals surface area contributed by atoms with E-state index >= 15 is 0 Å². The van der Waals surface area contributed by atoms with E-state index in [2.05, 4.69) is 15.6 Å². The molecule has 3 N–H and O–H groups in total. The summed E-state index contributed by atoms with van der Waals surface area (Å²) in [6.45, 7) is 3.96. The van der Waals surface area contributed by atoms with Crippen molar-refractivity contribution in [3.8, 4) is 0 Å². The fourth-order valence-electron chi connectivity index (χ4n) is 1.99. The summed E-state index contributed by atoms with van der Waals surface area (Å²) in [7, 11) is 0. The Labute approximate surface area is 111 Å². The zero-order valence-corrected chi connectivity index (χ0v) is 10.9. The average Bonchev–Trinajstić information content (AvgIpc) is 3.12. The highest BCUT2D eigenvalue weighted by Crippen LogP contribution is 2.39. The van der Waals surface area contributed by atoms with Crippen LogP contribution >= 0.6 is 0 Å². The minimum absolute atomic E-state index is 0.0410. The Kier molecular flexibility index (Phi) is 3.42. The summed E-state index contributed by atoms with van der Waals surface area (Å²) in [5, 5.41) is 14.3. The van der Waals surface area contributed by atoms with Gasteiger partial charge in [-0.2, -0.15) is 0 Å². The van der Waals surface area contributed by atoms with Gasteiger partial charge in [-0.1, -0.05) is 0 Å². The lowest BCUT2D eigenvalue weighted by Gasteiger charge is -2.26. The molecule has 2 amide bonds. The number of nitrogens with zero attached hydrogens (tertiary/aromatic N) is 1. The number of carboxylic acids is 1. The van der Waals surface area contributed by atoms with E-state index < -0.39 is 5.97 Å². The zero-order valence-electron chi connectivity index (χ0n) is 10.9. The Bertz CT molecular complexity index is 510. The van der Waals surface area contributed by atoms with E-state index in [0.717, 1.165) is 12.8 Å². The van der Waals surface area contributed by atoms with Gasteiger partial charge in [0, 0.05) is 11.7 Å². The summed E-state index contributed by atoms with van der Waals surface area (Å²) in [4.78, 5) is 26.4. The number of anilines is 1. The molecule has 1 aliphatic carbocycles. The van der Waals surface area contributed by atoms with Gasteiger partial charge < -0.3 is 15.7 Å². The van der Waals surface area contributed by atoms with Gasteiger partial charge in [0.1, 0.15) is 0 Å². The molecule has 0 spiro atoms. The molecule has 1 aromatic heterocycles. The number of pyridine rings is 1. The predicted molar refractivity (Wildman–Crippen MR) is 70.2 cm³/mol. The molecule has 0 unspecified atom stereocenters. The Morgan fingerprint density at radius 2 is 2.05 bits per heavy atom. The number of carboxylic acid groups (broad SMARTS) is 1. The molecule has 0 saturated heterocycles. The molecule has 0 radical (unpaired) electrons. The minimum Gasteiger partial charge on any atom is -0.478 e. The van der Waals surface area contributed by atoms with Crippen LogP contribution in [0.2, 0.25) is 0 Å². The summed E-state index contributed by atoms with van der Waals surface area (Å²) in [6, 6.07) is 1.03. The number of rotatable bonds is 4. The number of amides is 2. The van der Waals surface area contributed by atoms with Gasteiger partial charge in [-0.3, -0.25) is 4.98 Å². The van der Waals surface area contributed by atoms with E-state index in [4.69, 9.17) is 5.11 Å². The number of nitrogens with one attached hydrogen (secondary N) is 2. The van der Waals surface area contributed by atoms with Gasteiger partial charge in [0.25, 0.3) is 0 Å². The molecule has 0 aliphatic heterocycles. The lowest BCUT2D eigenvalue weighted by molar-refractivity contribution is 0.0696. The fraction of sp³-hybridized carbons (Fsp3) is 0.462. The van der Waals surface area contributed by atoms with Crippen molar-refractivity contribution in [3.63, 3.8) is 0 Å². The predicted octanol–water partition coefficient (Wildman–Crippen LogP) is 2.09. The lowest BCUT2D eigenvalue weighted by atomic mass is 9.99. The van der Waals surface area contributed by atoms with Crippen molar-refractivity contribution in [1.29, 1.82) is 0 Å². The van der Waals surface area contributed by atoms with Crippen LogP contribution in [0.3, 0.4) is 0 Å². The minimum atomic E-state index is -1.07. The second-order valence-corrected chi connectivity index (χ2v) is 5.34. The van der Waals surface area contributed by atoms with Crippen LogP contribution < -0.4 is 10.6 Å². The quantitative estimate of drug-likeness (QED) is 0.775. The molecule has 1 saturated carbocycles. The van der Waals surface area contributed by atoms with Gasteiger partial charge >= 0.3 is 12.0 Å². The van der Waals surface area contributed by atoms with Gasteiger partial charge in [-0.25, -0.2) is 9.59 Å². The van der Waals surface area contributed by atoms with Gasteiger partial charge in [-0.05, 0) is 38.7 Å². The molecular weight excluding hydrogens is 246 g/mol. The van der Waals surface area contributed by atoms with Crippen LogP contribution in [0.4, 0.5) is 10.5 Å². The van der Waals surface area contributed by atoms with Crippen molar-refractivity contribution < 1.29 is 14.7 Å². The van der Waals surface area contributed by atoms with Gasteiger partial charge in [0.05, 0.1) is 17.4 Å². The molecule has 0 aromatic carbocycles. The Morgan fingerprint density at radius 3 is 2.63 bits per heavy atom. The van der Waals surface area contributed by atoms with Crippen LogP contribution in [0.1, 0.15) is 37.0 Å². The molecule has 102 valence electrons. The Hall–Kier alpha value is -2.11. The number of aromatic nitrogens is 1. The first-order valence-electron chi connectivity index (χ1n) is 6.16. The maximum Gasteiger partial charge on any atom is 0.337 e. The second kappa shape index (κ2) is 4.87. The number of hydrogen-bond acceptors (Lipinski definition) is 3. The first-order valence-corrected chi connectivity index (χ1v) is 6.16. The SMILES string of the molecule is CC(C)(NC(=O)Nc1cncc(C(=O)O)c1)C1CC1. The van der Waals surface area contributed by atoms with Crippen LogP contribution in [-0.4, -0.2) is 27.6 Å². The lowest BCUT2D eigenvalue weighted by Crippen LogP contribution is -2.47. The topological polar surface area (TPSA) is 91.3 Å². The standard InChI is InChI=1S/C13H17N3O3/c1-13(2,9-3-4-9)16-12(19)15-10-5-8(11(17)18)6-14-7-10/h5-7,9H,3-4H2,1-2H3,(H,17,18)(H2,15,16,19). The van der Waals surface area contributed by atoms with E-state index in [0.29, 0.717) is 11.6 Å². The molecule has 19 heavy (non-hydrogen) atoms. The van der Waals surface area contributed by atoms with E-state index in [1.807, 2.05) is 13.8 Å².